The van der Waals surface area contributed by atoms with Crippen LogP contribution in [-0.2, 0) is 16.1 Å². The van der Waals surface area contributed by atoms with E-state index in [9.17, 15) is 9.59 Å². The predicted octanol–water partition coefficient (Wildman–Crippen LogP) is 4.12. The minimum Gasteiger partial charge on any atom is -0.310 e. The number of hydrogen-bond acceptors (Lipinski definition) is 6. The molecule has 1 unspecified atom stereocenters. The number of carbonyl (C=O) groups excluding carboxylic acids is 1. The monoisotopic (exact) mass is 433 g/mol. The summed E-state index contributed by atoms with van der Waals surface area (Å²) in [4.78, 5) is 34.4. The number of amides is 1. The average molecular weight is 434 g/mol. The first-order chi connectivity index (χ1) is 13.5. The number of nitrogens with zero attached hydrogens (tertiary/aromatic N) is 3. The van der Waals surface area contributed by atoms with Crippen molar-refractivity contribution >= 4 is 45.0 Å². The van der Waals surface area contributed by atoms with Crippen molar-refractivity contribution in [1.29, 1.82) is 0 Å². The molecular weight excluding hydrogens is 406 g/mol. The van der Waals surface area contributed by atoms with Crippen molar-refractivity contribution in [2.75, 3.05) is 5.32 Å². The largest absolute Gasteiger partial charge is 0.310 e. The van der Waals surface area contributed by atoms with Crippen LogP contribution < -0.4 is 10.9 Å². The van der Waals surface area contributed by atoms with E-state index in [1.165, 1.54) is 23.1 Å². The van der Waals surface area contributed by atoms with Crippen molar-refractivity contribution in [3.63, 3.8) is 0 Å². The van der Waals surface area contributed by atoms with Gasteiger partial charge in [0.05, 0.1) is 27.6 Å². The number of rotatable bonds is 5. The van der Waals surface area contributed by atoms with Gasteiger partial charge in [0.2, 0.25) is 5.91 Å². The van der Waals surface area contributed by atoms with Crippen molar-refractivity contribution in [2.24, 2.45) is 0 Å². The van der Waals surface area contributed by atoms with Gasteiger partial charge in [-0.1, -0.05) is 0 Å². The van der Waals surface area contributed by atoms with Crippen LogP contribution in [0.4, 0.5) is 5.82 Å². The highest BCUT2D eigenvalue weighted by Crippen LogP contribution is 2.27. The zero-order valence-electron chi connectivity index (χ0n) is 17.8. The molecule has 0 saturated heterocycles. The van der Waals surface area contributed by atoms with E-state index in [0.717, 1.165) is 21.0 Å². The number of anilines is 1. The molecule has 156 valence electrons. The highest BCUT2D eigenvalue weighted by Gasteiger charge is 2.22. The van der Waals surface area contributed by atoms with Gasteiger partial charge in [-0.25, -0.2) is 9.67 Å². The van der Waals surface area contributed by atoms with Crippen LogP contribution in [0.5, 0.6) is 0 Å². The quantitative estimate of drug-likeness (QED) is 0.631. The van der Waals surface area contributed by atoms with Crippen LogP contribution in [0.3, 0.4) is 0 Å². The Bertz CT molecular complexity index is 1120. The van der Waals surface area contributed by atoms with Crippen LogP contribution in [0, 0.1) is 20.8 Å². The lowest BCUT2D eigenvalue weighted by atomic mass is 10.1. The molecule has 0 aromatic carbocycles. The summed E-state index contributed by atoms with van der Waals surface area (Å²) in [5, 5.41) is 7.81. The zero-order valence-corrected chi connectivity index (χ0v) is 19.5. The van der Waals surface area contributed by atoms with Gasteiger partial charge in [0.15, 0.2) is 0 Å². The highest BCUT2D eigenvalue weighted by molar-refractivity contribution is 7.99. The van der Waals surface area contributed by atoms with E-state index in [4.69, 9.17) is 0 Å². The number of nitrogens with one attached hydrogen (secondary N) is 2. The number of thiophene rings is 1. The third-order valence-electron chi connectivity index (χ3n) is 4.65. The molecule has 3 heterocycles. The number of H-pyrrole nitrogens is 1. The van der Waals surface area contributed by atoms with Gasteiger partial charge in [0, 0.05) is 10.9 Å². The normalized spacial score (nSPS) is 13.1. The molecule has 2 N–H and O–H groups in total. The Balaban J connectivity index is 1.70. The summed E-state index contributed by atoms with van der Waals surface area (Å²) in [6.45, 7) is 13.8. The molecule has 0 saturated carbocycles. The Labute approximate surface area is 178 Å². The Morgan fingerprint density at radius 2 is 2.03 bits per heavy atom. The minimum atomic E-state index is -0.313. The summed E-state index contributed by atoms with van der Waals surface area (Å²) in [6, 6.07) is 1.87. The van der Waals surface area contributed by atoms with Gasteiger partial charge in [0.1, 0.15) is 16.5 Å². The van der Waals surface area contributed by atoms with Crippen molar-refractivity contribution in [2.45, 2.75) is 65.0 Å². The van der Waals surface area contributed by atoms with Crippen LogP contribution in [0.25, 0.3) is 10.2 Å². The molecule has 0 radical (unpaired) electrons. The molecule has 0 bridgehead atoms. The van der Waals surface area contributed by atoms with E-state index < -0.39 is 0 Å². The number of aryl methyl sites for hydroxylation is 3. The van der Waals surface area contributed by atoms with Crippen LogP contribution in [0.15, 0.2) is 10.9 Å². The number of aromatic amines is 1. The van der Waals surface area contributed by atoms with E-state index in [1.807, 2.05) is 59.2 Å². The van der Waals surface area contributed by atoms with E-state index >= 15 is 0 Å². The zero-order chi connectivity index (χ0) is 21.5. The first-order valence-electron chi connectivity index (χ1n) is 9.46. The second-order valence-corrected chi connectivity index (χ2v) is 10.7. The van der Waals surface area contributed by atoms with Crippen molar-refractivity contribution in [3.8, 4) is 0 Å². The molecule has 3 rings (SSSR count). The summed E-state index contributed by atoms with van der Waals surface area (Å²) < 4.78 is 1.83. The number of hydrogen-bond donors (Lipinski definition) is 2. The van der Waals surface area contributed by atoms with Crippen LogP contribution in [0.2, 0.25) is 0 Å². The lowest BCUT2D eigenvalue weighted by Gasteiger charge is -2.23. The first-order valence-corrected chi connectivity index (χ1v) is 11.3. The van der Waals surface area contributed by atoms with Crippen molar-refractivity contribution in [3.05, 3.63) is 38.4 Å². The van der Waals surface area contributed by atoms with Gasteiger partial charge in [-0.15, -0.1) is 23.1 Å². The molecular formula is C20H27N5O2S2. The molecule has 29 heavy (non-hydrogen) atoms. The number of aromatic nitrogens is 4. The molecule has 1 amide bonds. The Kier molecular flexibility index (Phi) is 5.91. The second kappa shape index (κ2) is 7.95. The smallest absolute Gasteiger partial charge is 0.259 e. The molecule has 3 aromatic heterocycles. The lowest BCUT2D eigenvalue weighted by molar-refractivity contribution is -0.115. The van der Waals surface area contributed by atoms with Crippen molar-refractivity contribution in [1.82, 2.24) is 19.7 Å². The summed E-state index contributed by atoms with van der Waals surface area (Å²) in [5.41, 5.74) is 1.49. The third-order valence-corrected chi connectivity index (χ3v) is 6.90. The van der Waals surface area contributed by atoms with Crippen molar-refractivity contribution < 1.29 is 4.79 Å². The second-order valence-electron chi connectivity index (χ2n) is 8.17. The lowest BCUT2D eigenvalue weighted by Crippen LogP contribution is -2.29. The first kappa shape index (κ1) is 21.6. The Morgan fingerprint density at radius 3 is 2.69 bits per heavy atom. The van der Waals surface area contributed by atoms with E-state index in [1.54, 1.807) is 0 Å². The van der Waals surface area contributed by atoms with E-state index in [0.29, 0.717) is 22.8 Å². The minimum absolute atomic E-state index is 0.105. The molecule has 0 fully saturated rings. The topological polar surface area (TPSA) is 92.7 Å². The van der Waals surface area contributed by atoms with Crippen LogP contribution in [0.1, 0.15) is 49.7 Å². The maximum Gasteiger partial charge on any atom is 0.259 e. The predicted molar refractivity (Wildman–Crippen MR) is 121 cm³/mol. The molecule has 1 atom stereocenters. The fourth-order valence-electron chi connectivity index (χ4n) is 2.97. The summed E-state index contributed by atoms with van der Waals surface area (Å²) in [5.74, 6) is 1.62. The van der Waals surface area contributed by atoms with Gasteiger partial charge in [-0.3, -0.25) is 9.59 Å². The fraction of sp³-hybridized carbons (Fsp3) is 0.500. The van der Waals surface area contributed by atoms with Crippen LogP contribution >= 0.6 is 23.1 Å². The molecule has 3 aromatic rings. The van der Waals surface area contributed by atoms with Gasteiger partial charge in [-0.2, -0.15) is 5.10 Å². The van der Waals surface area contributed by atoms with Crippen LogP contribution in [-0.4, -0.2) is 30.9 Å². The number of thioether (sulfide) groups is 1. The maximum atomic E-state index is 12.7. The molecule has 0 aliphatic rings. The molecule has 7 nitrogen and oxygen atoms in total. The summed E-state index contributed by atoms with van der Waals surface area (Å²) in [7, 11) is 0. The summed E-state index contributed by atoms with van der Waals surface area (Å²) >= 11 is 2.96. The molecule has 0 aliphatic carbocycles. The van der Waals surface area contributed by atoms with E-state index in [-0.39, 0.29) is 22.3 Å². The molecule has 9 heteroatoms. The van der Waals surface area contributed by atoms with Gasteiger partial charge < -0.3 is 10.3 Å². The third kappa shape index (κ3) is 4.56. The Hall–Kier alpha value is -2.13. The van der Waals surface area contributed by atoms with Gasteiger partial charge in [-0.05, 0) is 54.0 Å². The number of carbonyl (C=O) groups is 1. The fourth-order valence-corrected chi connectivity index (χ4v) is 4.78. The standard InChI is InChI=1S/C20H27N5O2S2/c1-10-8-15(25(24-10)20(5,6)7)23-17(26)13(4)28-9-14-21-18(27)16-11(2)12(3)29-19(16)22-14/h8,13H,9H2,1-7H3,(H,23,26)(H,21,22,27). The molecule has 0 spiro atoms. The highest BCUT2D eigenvalue weighted by atomic mass is 32.2. The average Bonchev–Trinajstić information content (AvgIpc) is 3.12. The molecule has 0 aliphatic heterocycles. The maximum absolute atomic E-state index is 12.7. The summed E-state index contributed by atoms with van der Waals surface area (Å²) in [6.07, 6.45) is 0. The SMILES string of the molecule is Cc1cc(NC(=O)C(C)SCc2nc3sc(C)c(C)c3c(=O)[nH]2)n(C(C)(C)C)n1. The number of fused-ring (bicyclic) bond motifs is 1. The van der Waals surface area contributed by atoms with Gasteiger partial charge in [0.25, 0.3) is 5.56 Å². The van der Waals surface area contributed by atoms with E-state index in [2.05, 4.69) is 20.4 Å². The Morgan fingerprint density at radius 1 is 1.34 bits per heavy atom. The van der Waals surface area contributed by atoms with Gasteiger partial charge >= 0.3 is 0 Å².